The third-order valence-corrected chi connectivity index (χ3v) is 7.12. The van der Waals surface area contributed by atoms with Gasteiger partial charge in [0.25, 0.3) is 0 Å². The number of aromatic nitrogens is 2. The molecule has 0 saturated carbocycles. The lowest BCUT2D eigenvalue weighted by Crippen LogP contribution is -2.46. The number of nitrogens with one attached hydrogen (secondary N) is 1. The molecule has 0 radical (unpaired) electrons. The average molecular weight is 442 g/mol. The summed E-state index contributed by atoms with van der Waals surface area (Å²) in [4.78, 5) is 14.2. The number of hydrogen-bond donors (Lipinski definition) is 1. The van der Waals surface area contributed by atoms with Crippen LogP contribution in [0.25, 0.3) is 0 Å². The summed E-state index contributed by atoms with van der Waals surface area (Å²) < 4.78 is 0. The average Bonchev–Trinajstić information content (AvgIpc) is 2.84. The van der Waals surface area contributed by atoms with Gasteiger partial charge in [0.15, 0.2) is 0 Å². The van der Waals surface area contributed by atoms with Crippen LogP contribution in [-0.4, -0.2) is 40.5 Å². The zero-order valence-corrected chi connectivity index (χ0v) is 20.1. The molecular formula is C28H35N5. The molecule has 0 spiro atoms. The van der Waals surface area contributed by atoms with Gasteiger partial charge in [-0.3, -0.25) is 4.90 Å². The van der Waals surface area contributed by atoms with Crippen molar-refractivity contribution in [2.24, 2.45) is 0 Å². The van der Waals surface area contributed by atoms with E-state index in [1.807, 2.05) is 0 Å². The van der Waals surface area contributed by atoms with Crippen molar-refractivity contribution in [3.63, 3.8) is 0 Å². The number of hydrogen-bond acceptors (Lipinski definition) is 5. The largest absolute Gasteiger partial charge is 0.356 e. The van der Waals surface area contributed by atoms with Crippen LogP contribution >= 0.6 is 0 Å². The zero-order valence-electron chi connectivity index (χ0n) is 20.1. The number of fused-ring (bicyclic) bond motifs is 1. The van der Waals surface area contributed by atoms with Gasteiger partial charge in [0, 0.05) is 44.0 Å². The van der Waals surface area contributed by atoms with Crippen molar-refractivity contribution in [2.75, 3.05) is 29.9 Å². The summed E-state index contributed by atoms with van der Waals surface area (Å²) in [5.41, 5.74) is 5.53. The van der Waals surface area contributed by atoms with Crippen LogP contribution in [0.4, 0.5) is 17.3 Å². The van der Waals surface area contributed by atoms with Crippen LogP contribution in [-0.2, 0) is 18.4 Å². The molecule has 2 aliphatic rings. The lowest BCUT2D eigenvalue weighted by Gasteiger charge is -2.41. The molecular weight excluding hydrogens is 406 g/mol. The van der Waals surface area contributed by atoms with Crippen molar-refractivity contribution in [1.82, 2.24) is 14.9 Å². The van der Waals surface area contributed by atoms with Crippen LogP contribution in [0.15, 0.2) is 60.9 Å². The highest BCUT2D eigenvalue weighted by Gasteiger charge is 2.27. The molecule has 0 aliphatic carbocycles. The highest BCUT2D eigenvalue weighted by atomic mass is 15.2. The smallest absolute Gasteiger partial charge is 0.135 e. The standard InChI is InChI=1S/C28H35N5/c1-28(2,3)23-9-6-10-24(17-23)31-26-18-27(30-20-29-26)32-15-12-25(13-16-32)33-14-11-21-7-4-5-8-22(21)19-33/h4-10,17-18,20,25H,11-16,19H2,1-3H3,(H,29,30,31). The summed E-state index contributed by atoms with van der Waals surface area (Å²) in [6.07, 6.45) is 5.22. The van der Waals surface area contributed by atoms with E-state index in [2.05, 4.69) is 100 Å². The molecule has 0 bridgehead atoms. The Morgan fingerprint density at radius 3 is 2.45 bits per heavy atom. The Hall–Kier alpha value is -2.92. The Balaban J connectivity index is 1.21. The molecule has 0 unspecified atom stereocenters. The van der Waals surface area contributed by atoms with E-state index in [0.717, 1.165) is 37.0 Å². The molecule has 3 aromatic rings. The van der Waals surface area contributed by atoms with Crippen LogP contribution in [0.2, 0.25) is 0 Å². The quantitative estimate of drug-likeness (QED) is 0.575. The molecule has 1 N–H and O–H groups in total. The van der Waals surface area contributed by atoms with Gasteiger partial charge in [-0.2, -0.15) is 0 Å². The van der Waals surface area contributed by atoms with Crippen molar-refractivity contribution in [2.45, 2.75) is 58.0 Å². The van der Waals surface area contributed by atoms with Gasteiger partial charge >= 0.3 is 0 Å². The summed E-state index contributed by atoms with van der Waals surface area (Å²) in [6.45, 7) is 11.1. The number of rotatable bonds is 4. The summed E-state index contributed by atoms with van der Waals surface area (Å²) in [7, 11) is 0. The van der Waals surface area contributed by atoms with Crippen molar-refractivity contribution in [3.05, 3.63) is 77.6 Å². The monoisotopic (exact) mass is 441 g/mol. The molecule has 0 amide bonds. The van der Waals surface area contributed by atoms with Crippen LogP contribution in [0.5, 0.6) is 0 Å². The van der Waals surface area contributed by atoms with Gasteiger partial charge in [-0.1, -0.05) is 57.2 Å². The molecule has 2 aliphatic heterocycles. The molecule has 5 heteroatoms. The Kier molecular flexibility index (Phi) is 6.07. The minimum absolute atomic E-state index is 0.120. The van der Waals surface area contributed by atoms with E-state index in [0.29, 0.717) is 6.04 Å². The molecule has 0 atom stereocenters. The Labute approximate surface area is 197 Å². The molecule has 3 heterocycles. The summed E-state index contributed by atoms with van der Waals surface area (Å²) in [5, 5.41) is 3.48. The Morgan fingerprint density at radius 1 is 0.879 bits per heavy atom. The van der Waals surface area contributed by atoms with Gasteiger partial charge < -0.3 is 10.2 Å². The van der Waals surface area contributed by atoms with Gasteiger partial charge in [-0.25, -0.2) is 9.97 Å². The highest BCUT2D eigenvalue weighted by Crippen LogP contribution is 2.29. The van der Waals surface area contributed by atoms with Gasteiger partial charge in [0.1, 0.15) is 18.0 Å². The van der Waals surface area contributed by atoms with E-state index in [-0.39, 0.29) is 5.41 Å². The maximum absolute atomic E-state index is 4.59. The first-order chi connectivity index (χ1) is 16.0. The predicted octanol–water partition coefficient (Wildman–Crippen LogP) is 5.54. The summed E-state index contributed by atoms with van der Waals surface area (Å²) >= 11 is 0. The second kappa shape index (κ2) is 9.14. The molecule has 1 aromatic heterocycles. The normalized spacial score (nSPS) is 17.6. The lowest BCUT2D eigenvalue weighted by atomic mass is 9.87. The van der Waals surface area contributed by atoms with Gasteiger partial charge in [0.2, 0.25) is 0 Å². The summed E-state index contributed by atoms with van der Waals surface area (Å²) in [5.74, 6) is 1.86. The number of piperidine rings is 1. The van der Waals surface area contributed by atoms with Gasteiger partial charge in [-0.15, -0.1) is 0 Å². The van der Waals surface area contributed by atoms with Crippen LogP contribution in [0, 0.1) is 0 Å². The van der Waals surface area contributed by atoms with E-state index in [4.69, 9.17) is 0 Å². The summed E-state index contributed by atoms with van der Waals surface area (Å²) in [6, 6.07) is 20.3. The Bertz CT molecular complexity index is 1100. The van der Waals surface area contributed by atoms with Crippen LogP contribution < -0.4 is 10.2 Å². The highest BCUT2D eigenvalue weighted by molar-refractivity contribution is 5.60. The molecule has 33 heavy (non-hydrogen) atoms. The fraction of sp³-hybridized carbons (Fsp3) is 0.429. The van der Waals surface area contributed by atoms with Crippen molar-refractivity contribution in [1.29, 1.82) is 0 Å². The minimum atomic E-state index is 0.120. The second-order valence-electron chi connectivity index (χ2n) is 10.4. The zero-order chi connectivity index (χ0) is 22.8. The van der Waals surface area contributed by atoms with Crippen LogP contribution in [0.1, 0.15) is 50.3 Å². The van der Waals surface area contributed by atoms with E-state index >= 15 is 0 Å². The Morgan fingerprint density at radius 2 is 1.67 bits per heavy atom. The van der Waals surface area contributed by atoms with Gasteiger partial charge in [0.05, 0.1) is 0 Å². The number of anilines is 3. The third kappa shape index (κ3) is 5.03. The van der Waals surface area contributed by atoms with Crippen LogP contribution in [0.3, 0.4) is 0 Å². The first kappa shape index (κ1) is 21.9. The number of benzene rings is 2. The SMILES string of the molecule is CC(C)(C)c1cccc(Nc2cc(N3CCC(N4CCc5ccccc5C4)CC3)ncn2)c1. The van der Waals surface area contributed by atoms with Crippen molar-refractivity contribution < 1.29 is 0 Å². The molecule has 2 aromatic carbocycles. The lowest BCUT2D eigenvalue weighted by molar-refractivity contribution is 0.153. The maximum atomic E-state index is 4.59. The van der Waals surface area contributed by atoms with E-state index in [1.165, 1.54) is 42.5 Å². The first-order valence-electron chi connectivity index (χ1n) is 12.2. The van der Waals surface area contributed by atoms with E-state index in [1.54, 1.807) is 6.33 Å². The van der Waals surface area contributed by atoms with E-state index < -0.39 is 0 Å². The molecule has 1 fully saturated rings. The fourth-order valence-electron chi connectivity index (χ4n) is 5.09. The maximum Gasteiger partial charge on any atom is 0.135 e. The fourth-order valence-corrected chi connectivity index (χ4v) is 5.09. The van der Waals surface area contributed by atoms with Gasteiger partial charge in [-0.05, 0) is 53.5 Å². The second-order valence-corrected chi connectivity index (χ2v) is 10.4. The minimum Gasteiger partial charge on any atom is -0.356 e. The molecule has 1 saturated heterocycles. The number of nitrogens with zero attached hydrogens (tertiary/aromatic N) is 4. The first-order valence-corrected chi connectivity index (χ1v) is 12.2. The predicted molar refractivity (Wildman–Crippen MR) is 136 cm³/mol. The molecule has 5 rings (SSSR count). The molecule has 5 nitrogen and oxygen atoms in total. The third-order valence-electron chi connectivity index (χ3n) is 7.12. The topological polar surface area (TPSA) is 44.3 Å². The molecule has 172 valence electrons. The van der Waals surface area contributed by atoms with Crippen molar-refractivity contribution in [3.8, 4) is 0 Å². The van der Waals surface area contributed by atoms with E-state index in [9.17, 15) is 0 Å². The van der Waals surface area contributed by atoms with Crippen molar-refractivity contribution >= 4 is 17.3 Å².